The number of nitrogens with zero attached hydrogens (tertiary/aromatic N) is 2. The maximum Gasteiger partial charge on any atom is 0.306 e. The number of ether oxygens (including phenoxy) is 2. The molecule has 66 heavy (non-hydrogen) atoms. The van der Waals surface area contributed by atoms with Crippen molar-refractivity contribution in [3.63, 3.8) is 0 Å². The van der Waals surface area contributed by atoms with E-state index in [4.69, 9.17) is 9.47 Å². The third-order valence-electron chi connectivity index (χ3n) is 13.0. The van der Waals surface area contributed by atoms with E-state index in [2.05, 4.69) is 49.0 Å². The summed E-state index contributed by atoms with van der Waals surface area (Å²) in [5.74, 6) is 10.4. The lowest BCUT2D eigenvalue weighted by Gasteiger charge is -2.22. The average Bonchev–Trinajstić information content (AvgIpc) is 3.91. The van der Waals surface area contributed by atoms with Crippen LogP contribution in [0.15, 0.2) is 121 Å². The van der Waals surface area contributed by atoms with Crippen molar-refractivity contribution in [3.8, 4) is 58.1 Å². The minimum atomic E-state index is -1.06. The molecule has 10 bridgehead atoms. The fraction of sp³-hybridized carbons (Fsp3) is 0.241. The van der Waals surface area contributed by atoms with Gasteiger partial charge in [0.1, 0.15) is 24.8 Å². The number of carbonyl (C=O) groups is 2. The first-order valence-corrected chi connectivity index (χ1v) is 21.9. The normalized spacial score (nSPS) is 16.6. The molecule has 0 atom stereocenters. The molecular formula is C58H46F2N2O4. The molecule has 0 radical (unpaired) electrons. The van der Waals surface area contributed by atoms with E-state index in [9.17, 15) is 20.1 Å². The number of rotatable bonds is 2. The van der Waals surface area contributed by atoms with E-state index in [1.54, 1.807) is 72.8 Å². The number of carbonyl (C=O) groups excluding carboxylic acids is 2. The van der Waals surface area contributed by atoms with Crippen LogP contribution in [0, 0.1) is 68.8 Å². The molecule has 0 amide bonds. The van der Waals surface area contributed by atoms with Crippen LogP contribution >= 0.6 is 0 Å². The van der Waals surface area contributed by atoms with E-state index in [0.717, 1.165) is 0 Å². The first-order valence-electron chi connectivity index (χ1n) is 21.9. The lowest BCUT2D eigenvalue weighted by atomic mass is 9.78. The van der Waals surface area contributed by atoms with Gasteiger partial charge in [-0.2, -0.15) is 10.5 Å². The Morgan fingerprint density at radius 2 is 0.970 bits per heavy atom. The molecule has 0 spiro atoms. The van der Waals surface area contributed by atoms with Crippen LogP contribution < -0.4 is 0 Å². The van der Waals surface area contributed by atoms with E-state index in [-0.39, 0.29) is 85.9 Å². The number of halogens is 2. The zero-order chi connectivity index (χ0) is 46.6. The van der Waals surface area contributed by atoms with E-state index in [1.165, 1.54) is 0 Å². The Morgan fingerprint density at radius 3 is 1.33 bits per heavy atom. The Bertz CT molecular complexity index is 2870. The summed E-state index contributed by atoms with van der Waals surface area (Å²) in [5, 5.41) is 21.7. The summed E-state index contributed by atoms with van der Waals surface area (Å²) < 4.78 is 45.7. The Labute approximate surface area is 384 Å². The van der Waals surface area contributed by atoms with E-state index in [1.807, 2.05) is 38.1 Å². The summed E-state index contributed by atoms with van der Waals surface area (Å²) in [6.45, 7) is 12.2. The van der Waals surface area contributed by atoms with Crippen LogP contribution in [-0.2, 0) is 58.0 Å². The van der Waals surface area contributed by atoms with Crippen LogP contribution in [0.4, 0.5) is 8.78 Å². The number of hydrogen-bond acceptors (Lipinski definition) is 6. The lowest BCUT2D eigenvalue weighted by Crippen LogP contribution is -2.21. The molecule has 0 aromatic heterocycles. The van der Waals surface area contributed by atoms with Gasteiger partial charge in [0.25, 0.3) is 0 Å². The van der Waals surface area contributed by atoms with Crippen LogP contribution in [0.1, 0.15) is 95.2 Å². The molecule has 5 aromatic rings. The van der Waals surface area contributed by atoms with Crippen LogP contribution in [-0.4, -0.2) is 11.9 Å². The Morgan fingerprint density at radius 1 is 0.591 bits per heavy atom. The van der Waals surface area contributed by atoms with Crippen LogP contribution in [0.5, 0.6) is 0 Å². The molecule has 5 aromatic carbocycles. The largest absolute Gasteiger partial charge is 0.461 e. The molecule has 0 N–H and O–H groups in total. The van der Waals surface area contributed by atoms with Crippen molar-refractivity contribution >= 4 is 11.9 Å². The molecule has 0 unspecified atom stereocenters. The summed E-state index contributed by atoms with van der Waals surface area (Å²) in [4.78, 5) is 25.1. The SMILES string of the molecule is C=C(C)C1(C#N)Cc2c(c3c4c(c2-c2cccc(c2F)C#Cc2cccc(c2)COC(=O)CC/C=C\CCC(=O)OCc2cccc(c2)C#Cc2cccc-3c2F)CC(C#N)(C(=C)C)C4)C1. The number of nitriles is 2. The van der Waals surface area contributed by atoms with Gasteiger partial charge in [0.05, 0.1) is 34.1 Å². The van der Waals surface area contributed by atoms with Crippen molar-refractivity contribution in [2.24, 2.45) is 10.8 Å². The van der Waals surface area contributed by atoms with Gasteiger partial charge >= 0.3 is 11.9 Å². The molecule has 0 saturated heterocycles. The first-order chi connectivity index (χ1) is 31.8. The quantitative estimate of drug-likeness (QED) is 0.0995. The number of esters is 2. The van der Waals surface area contributed by atoms with Crippen LogP contribution in [0.2, 0.25) is 0 Å². The summed E-state index contributed by atoms with van der Waals surface area (Å²) >= 11 is 0. The third-order valence-corrected chi connectivity index (χ3v) is 13.0. The standard InChI is InChI=1S/C58H46F2N2O4/c1-37(2)57(35-61)29-47-48(30-57)54-46-20-12-18-44(56(46)60)26-24-40-14-10-16-42(28-40)34-66-52(64)22-8-6-5-7-21-51(63)65-33-41-15-9-13-39(27-41)23-25-43-17-11-19-45(55(43)59)53(47)49-31-58(36-62,38(3)4)32-50(49)54/h5-6,9-20,27-28H,1,3,7-8,21-22,29-34H2,2,4H3/b6-5-. The fourth-order valence-corrected chi connectivity index (χ4v) is 9.19. The second-order valence-corrected chi connectivity index (χ2v) is 17.4. The molecule has 2 aliphatic carbocycles. The maximum absolute atomic E-state index is 17.3. The van der Waals surface area contributed by atoms with Gasteiger partial charge in [0.15, 0.2) is 0 Å². The van der Waals surface area contributed by atoms with Crippen molar-refractivity contribution in [1.29, 1.82) is 10.5 Å². The monoisotopic (exact) mass is 872 g/mol. The molecule has 4 aliphatic rings. The molecule has 326 valence electrons. The van der Waals surface area contributed by atoms with Gasteiger partial charge in [0, 0.05) is 35.1 Å². The van der Waals surface area contributed by atoms with E-state index >= 15 is 8.78 Å². The van der Waals surface area contributed by atoms with Gasteiger partial charge < -0.3 is 9.47 Å². The third kappa shape index (κ3) is 8.84. The zero-order valence-electron chi connectivity index (χ0n) is 37.0. The van der Waals surface area contributed by atoms with Gasteiger partial charge in [-0.05, 0) is 133 Å². The molecule has 8 heteroatoms. The summed E-state index contributed by atoms with van der Waals surface area (Å²) in [6.07, 6.45) is 5.70. The van der Waals surface area contributed by atoms with E-state index < -0.39 is 22.5 Å². The highest BCUT2D eigenvalue weighted by molar-refractivity contribution is 5.88. The highest BCUT2D eigenvalue weighted by Crippen LogP contribution is 2.56. The Kier molecular flexibility index (Phi) is 12.7. The average molecular weight is 873 g/mol. The van der Waals surface area contributed by atoms with Crippen molar-refractivity contribution in [1.82, 2.24) is 0 Å². The Hall–Kier alpha value is -7.78. The molecule has 0 saturated carbocycles. The van der Waals surface area contributed by atoms with Gasteiger partial charge in [-0.25, -0.2) is 8.78 Å². The smallest absolute Gasteiger partial charge is 0.306 e. The van der Waals surface area contributed by atoms with Gasteiger partial charge in [0.2, 0.25) is 0 Å². The van der Waals surface area contributed by atoms with Crippen molar-refractivity contribution in [2.75, 3.05) is 0 Å². The molecule has 0 fully saturated rings. The number of benzene rings is 5. The minimum absolute atomic E-state index is 0.0341. The maximum atomic E-state index is 17.3. The molecule has 2 aliphatic heterocycles. The highest BCUT2D eigenvalue weighted by Gasteiger charge is 2.48. The van der Waals surface area contributed by atoms with Gasteiger partial charge in [-0.3, -0.25) is 9.59 Å². The number of allylic oxidation sites excluding steroid dienone is 4. The van der Waals surface area contributed by atoms with Crippen molar-refractivity contribution < 1.29 is 27.8 Å². The summed E-state index contributed by atoms with van der Waals surface area (Å²) in [5.41, 5.74) is 6.54. The van der Waals surface area contributed by atoms with Gasteiger partial charge in [-0.15, -0.1) is 0 Å². The highest BCUT2D eigenvalue weighted by atomic mass is 19.1. The fourth-order valence-electron chi connectivity index (χ4n) is 9.19. The first kappa shape index (κ1) is 44.8. The van der Waals surface area contributed by atoms with E-state index in [0.29, 0.717) is 79.6 Å². The molecular weight excluding hydrogens is 827 g/mol. The number of hydrogen-bond donors (Lipinski definition) is 0. The topological polar surface area (TPSA) is 100 Å². The second kappa shape index (κ2) is 18.7. The second-order valence-electron chi connectivity index (χ2n) is 17.4. The van der Waals surface area contributed by atoms with Gasteiger partial charge in [-0.1, -0.05) is 109 Å². The zero-order valence-corrected chi connectivity index (χ0v) is 37.0. The van der Waals surface area contributed by atoms with Crippen molar-refractivity contribution in [3.05, 3.63) is 189 Å². The summed E-state index contributed by atoms with van der Waals surface area (Å²) in [6, 6.07) is 29.5. The predicted molar refractivity (Wildman–Crippen MR) is 250 cm³/mol. The lowest BCUT2D eigenvalue weighted by molar-refractivity contribution is -0.145. The van der Waals surface area contributed by atoms with Crippen molar-refractivity contribution in [2.45, 2.75) is 78.4 Å². The Balaban J connectivity index is 1.32. The molecule has 6 nitrogen and oxygen atoms in total. The molecule has 2 heterocycles. The summed E-state index contributed by atoms with van der Waals surface area (Å²) in [7, 11) is 0. The van der Waals surface area contributed by atoms with Crippen LogP contribution in [0.3, 0.4) is 0 Å². The number of fused-ring (bicyclic) bond motifs is 10. The molecule has 9 rings (SSSR count). The van der Waals surface area contributed by atoms with Crippen LogP contribution in [0.25, 0.3) is 22.3 Å². The minimum Gasteiger partial charge on any atom is -0.461 e. The predicted octanol–water partition coefficient (Wildman–Crippen LogP) is 11.7.